The van der Waals surface area contributed by atoms with E-state index in [1.807, 2.05) is 0 Å². The molecule has 0 unspecified atom stereocenters. The van der Waals surface area contributed by atoms with Gasteiger partial charge in [-0.1, -0.05) is 11.8 Å². The molecule has 1 aromatic rings. The molecule has 0 aliphatic rings. The molecule has 1 N–H and O–H groups in total. The molecule has 0 saturated carbocycles. The van der Waals surface area contributed by atoms with Crippen LogP contribution in [0.4, 0.5) is 14.5 Å². The number of nitrogens with one attached hydrogen (secondary N) is 1. The summed E-state index contributed by atoms with van der Waals surface area (Å²) in [7, 11) is 1.46. The maximum Gasteiger partial charge on any atom is 0.190 e. The Morgan fingerprint density at radius 3 is 2.55 bits per heavy atom. The first kappa shape index (κ1) is 16.2. The molecule has 0 amide bonds. The Morgan fingerprint density at radius 1 is 1.40 bits per heavy atom. The molecule has 5 nitrogen and oxygen atoms in total. The zero-order chi connectivity index (χ0) is 15.0. The lowest BCUT2D eigenvalue weighted by molar-refractivity contribution is 0.141. The van der Waals surface area contributed by atoms with Gasteiger partial charge in [0, 0.05) is 19.2 Å². The van der Waals surface area contributed by atoms with Crippen LogP contribution >= 0.6 is 11.8 Å². The van der Waals surface area contributed by atoms with Crippen LogP contribution in [0, 0.1) is 23.1 Å². The second-order valence-corrected chi connectivity index (χ2v) is 4.23. The van der Waals surface area contributed by atoms with E-state index in [4.69, 9.17) is 14.7 Å². The average molecular weight is 301 g/mol. The third-order valence-corrected chi connectivity index (χ3v) is 2.68. The molecule has 0 bridgehead atoms. The summed E-state index contributed by atoms with van der Waals surface area (Å²) in [5.74, 6) is -2.20. The third kappa shape index (κ3) is 4.68. The molecular formula is C12H13F2N3O2S. The molecule has 108 valence electrons. The molecule has 0 spiro atoms. The molecule has 0 aliphatic carbocycles. The number of benzene rings is 1. The molecule has 0 atom stereocenters. The van der Waals surface area contributed by atoms with Crippen molar-refractivity contribution in [3.8, 4) is 11.9 Å². The number of thioether (sulfide) groups is 1. The van der Waals surface area contributed by atoms with Gasteiger partial charge < -0.3 is 9.47 Å². The molecule has 8 heteroatoms. The van der Waals surface area contributed by atoms with Gasteiger partial charge in [0.15, 0.2) is 28.7 Å². The number of aliphatic imine (C=N–C) groups is 1. The Morgan fingerprint density at radius 2 is 2.05 bits per heavy atom. The van der Waals surface area contributed by atoms with Crippen molar-refractivity contribution in [1.29, 1.82) is 5.26 Å². The van der Waals surface area contributed by atoms with Gasteiger partial charge in [-0.3, -0.25) is 5.32 Å². The van der Waals surface area contributed by atoms with Gasteiger partial charge in [0.1, 0.15) is 6.61 Å². The van der Waals surface area contributed by atoms with Crippen molar-refractivity contribution in [3.05, 3.63) is 23.8 Å². The summed E-state index contributed by atoms with van der Waals surface area (Å²) in [5.41, 5.74) is 0.0474. The Hall–Kier alpha value is -1.85. The molecule has 0 saturated heterocycles. The predicted octanol–water partition coefficient (Wildman–Crippen LogP) is 2.41. The zero-order valence-electron chi connectivity index (χ0n) is 10.9. The van der Waals surface area contributed by atoms with Gasteiger partial charge in [0.2, 0.25) is 0 Å². The molecule has 1 aromatic carbocycles. The van der Waals surface area contributed by atoms with Crippen molar-refractivity contribution in [2.45, 2.75) is 0 Å². The highest BCUT2D eigenvalue weighted by Gasteiger charge is 2.13. The molecule has 0 aliphatic heterocycles. The van der Waals surface area contributed by atoms with Gasteiger partial charge in [-0.15, -0.1) is 0 Å². The Kier molecular flexibility index (Phi) is 6.76. The Bertz CT molecular complexity index is 509. The van der Waals surface area contributed by atoms with Gasteiger partial charge in [0.05, 0.1) is 12.3 Å². The smallest absolute Gasteiger partial charge is 0.190 e. The number of hydrogen-bond acceptors (Lipinski definition) is 5. The fourth-order valence-electron chi connectivity index (χ4n) is 1.27. The minimum atomic E-state index is -0.864. The summed E-state index contributed by atoms with van der Waals surface area (Å²) in [6, 6.07) is 2.06. The Labute approximate surface area is 119 Å². The topological polar surface area (TPSA) is 66.6 Å². The SMILES string of the molecule is COCCOc1c(F)cc(N=C(NC#N)SC)cc1F. The van der Waals surface area contributed by atoms with Gasteiger partial charge in [-0.05, 0) is 6.26 Å². The number of methoxy groups -OCH3 is 1. The fourth-order valence-corrected chi connectivity index (χ4v) is 1.61. The van der Waals surface area contributed by atoms with Crippen LogP contribution in [0.1, 0.15) is 0 Å². The van der Waals surface area contributed by atoms with Crippen LogP contribution in [-0.2, 0) is 4.74 Å². The second-order valence-electron chi connectivity index (χ2n) is 3.44. The number of rotatable bonds is 5. The fraction of sp³-hybridized carbons (Fsp3) is 0.333. The summed E-state index contributed by atoms with van der Waals surface area (Å²) >= 11 is 1.15. The van der Waals surface area contributed by atoms with E-state index in [0.29, 0.717) is 0 Å². The van der Waals surface area contributed by atoms with Crippen LogP contribution in [0.3, 0.4) is 0 Å². The Balaban J connectivity index is 2.95. The van der Waals surface area contributed by atoms with Crippen molar-refractivity contribution < 1.29 is 18.3 Å². The van der Waals surface area contributed by atoms with Gasteiger partial charge >= 0.3 is 0 Å². The maximum atomic E-state index is 13.7. The average Bonchev–Trinajstić information content (AvgIpc) is 2.41. The van der Waals surface area contributed by atoms with E-state index in [1.165, 1.54) is 7.11 Å². The van der Waals surface area contributed by atoms with Crippen LogP contribution in [0.2, 0.25) is 0 Å². The lowest BCUT2D eigenvalue weighted by atomic mass is 10.3. The van der Waals surface area contributed by atoms with Crippen molar-refractivity contribution in [2.24, 2.45) is 4.99 Å². The highest BCUT2D eigenvalue weighted by Crippen LogP contribution is 2.27. The maximum absolute atomic E-state index is 13.7. The van der Waals surface area contributed by atoms with E-state index in [2.05, 4.69) is 10.3 Å². The van der Waals surface area contributed by atoms with Crippen LogP contribution in [-0.4, -0.2) is 31.7 Å². The lowest BCUT2D eigenvalue weighted by Gasteiger charge is -2.08. The summed E-state index contributed by atoms with van der Waals surface area (Å²) in [6.45, 7) is 0.264. The summed E-state index contributed by atoms with van der Waals surface area (Å²) < 4.78 is 37.1. The predicted molar refractivity (Wildman–Crippen MR) is 73.1 cm³/mol. The number of hydrogen-bond donors (Lipinski definition) is 1. The van der Waals surface area contributed by atoms with Crippen LogP contribution in [0.15, 0.2) is 17.1 Å². The van der Waals surface area contributed by atoms with Crippen molar-refractivity contribution in [1.82, 2.24) is 5.32 Å². The van der Waals surface area contributed by atoms with Gasteiger partial charge in [-0.2, -0.15) is 5.26 Å². The quantitative estimate of drug-likeness (QED) is 0.297. The van der Waals surface area contributed by atoms with Crippen LogP contribution in [0.25, 0.3) is 0 Å². The van der Waals surface area contributed by atoms with Crippen LogP contribution < -0.4 is 10.1 Å². The highest BCUT2D eigenvalue weighted by molar-refractivity contribution is 8.13. The van der Waals surface area contributed by atoms with Crippen molar-refractivity contribution >= 4 is 22.6 Å². The summed E-state index contributed by atoms with van der Waals surface area (Å²) in [5, 5.41) is 11.0. The number of ether oxygens (including phenoxy) is 2. The first-order valence-electron chi connectivity index (χ1n) is 5.51. The minimum Gasteiger partial charge on any atom is -0.485 e. The van der Waals surface area contributed by atoms with Gasteiger partial charge in [-0.25, -0.2) is 13.8 Å². The zero-order valence-corrected chi connectivity index (χ0v) is 11.8. The molecule has 0 heterocycles. The van der Waals surface area contributed by atoms with E-state index < -0.39 is 17.4 Å². The normalized spacial score (nSPS) is 11.1. The standard InChI is InChI=1S/C12H13F2N3O2S/c1-18-3-4-19-11-9(13)5-8(6-10(11)14)17-12(20-2)16-7-15/h5-6H,3-4H2,1-2H3,(H,16,17). The van der Waals surface area contributed by atoms with Gasteiger partial charge in [0.25, 0.3) is 0 Å². The first-order valence-corrected chi connectivity index (χ1v) is 6.73. The number of halogens is 2. The molecule has 20 heavy (non-hydrogen) atoms. The molecule has 0 fully saturated rings. The molecule has 0 radical (unpaired) electrons. The van der Waals surface area contributed by atoms with E-state index >= 15 is 0 Å². The number of amidine groups is 1. The lowest BCUT2D eigenvalue weighted by Crippen LogP contribution is -2.12. The highest BCUT2D eigenvalue weighted by atomic mass is 32.2. The molecular weight excluding hydrogens is 288 g/mol. The van der Waals surface area contributed by atoms with E-state index in [-0.39, 0.29) is 24.1 Å². The molecule has 1 rings (SSSR count). The first-order chi connectivity index (χ1) is 9.62. The number of nitriles is 1. The van der Waals surface area contributed by atoms with Crippen LogP contribution in [0.5, 0.6) is 5.75 Å². The van der Waals surface area contributed by atoms with E-state index in [1.54, 1.807) is 12.4 Å². The summed E-state index contributed by atoms with van der Waals surface area (Å²) in [4.78, 5) is 3.91. The van der Waals surface area contributed by atoms with E-state index in [9.17, 15) is 8.78 Å². The minimum absolute atomic E-state index is 0.0407. The number of nitrogens with zero attached hydrogens (tertiary/aromatic N) is 2. The van der Waals surface area contributed by atoms with Crippen molar-refractivity contribution in [3.63, 3.8) is 0 Å². The third-order valence-electron chi connectivity index (χ3n) is 2.10. The summed E-state index contributed by atoms with van der Waals surface area (Å²) in [6.07, 6.45) is 3.36. The van der Waals surface area contributed by atoms with Crippen molar-refractivity contribution in [2.75, 3.05) is 26.6 Å². The largest absolute Gasteiger partial charge is 0.485 e. The molecule has 0 aromatic heterocycles. The second kappa shape index (κ2) is 8.35. The monoisotopic (exact) mass is 301 g/mol. The van der Waals surface area contributed by atoms with E-state index in [0.717, 1.165) is 23.9 Å².